The van der Waals surface area contributed by atoms with E-state index in [2.05, 4.69) is 42.5 Å². The molecule has 1 aromatic heterocycles. The molecule has 140 valence electrons. The first kappa shape index (κ1) is 17.6. The number of nitrogens with zero attached hydrogens (tertiary/aromatic N) is 2. The Kier molecular flexibility index (Phi) is 4.62. The highest BCUT2D eigenvalue weighted by molar-refractivity contribution is 5.42. The molecule has 27 heavy (non-hydrogen) atoms. The van der Waals surface area contributed by atoms with Crippen LogP contribution in [-0.2, 0) is 19.5 Å². The van der Waals surface area contributed by atoms with Gasteiger partial charge in [-0.15, -0.1) is 0 Å². The normalized spacial score (nSPS) is 14.6. The van der Waals surface area contributed by atoms with Crippen LogP contribution < -0.4 is 14.8 Å². The Balaban J connectivity index is 1.34. The maximum absolute atomic E-state index is 5.94. The van der Waals surface area contributed by atoms with Crippen LogP contribution in [0.3, 0.4) is 0 Å². The van der Waals surface area contributed by atoms with Crippen LogP contribution >= 0.6 is 0 Å². The molecule has 0 saturated carbocycles. The Morgan fingerprint density at radius 2 is 1.93 bits per heavy atom. The number of nitrogens with one attached hydrogen (secondary N) is 1. The summed E-state index contributed by atoms with van der Waals surface area (Å²) < 4.78 is 13.0. The summed E-state index contributed by atoms with van der Waals surface area (Å²) in [5.41, 5.74) is 4.50. The largest absolute Gasteiger partial charge is 0.497 e. The molecular formula is C22H25N3O2. The fraction of sp³-hybridized carbons (Fsp3) is 0.318. The van der Waals surface area contributed by atoms with Crippen molar-refractivity contribution in [3.63, 3.8) is 0 Å². The van der Waals surface area contributed by atoms with E-state index in [0.29, 0.717) is 0 Å². The first-order valence-corrected chi connectivity index (χ1v) is 9.23. The monoisotopic (exact) mass is 363 g/mol. The van der Waals surface area contributed by atoms with Gasteiger partial charge in [-0.2, -0.15) is 5.10 Å². The smallest absolute Gasteiger partial charge is 0.123 e. The van der Waals surface area contributed by atoms with Crippen LogP contribution in [0.5, 0.6) is 11.5 Å². The highest BCUT2D eigenvalue weighted by Gasteiger charge is 2.29. The van der Waals surface area contributed by atoms with E-state index in [-0.39, 0.29) is 5.60 Å². The molecule has 0 amide bonds. The number of hydrogen-bond acceptors (Lipinski definition) is 4. The maximum Gasteiger partial charge on any atom is 0.123 e. The van der Waals surface area contributed by atoms with E-state index >= 15 is 0 Å². The zero-order valence-corrected chi connectivity index (χ0v) is 16.0. The number of aromatic nitrogens is 2. The average molecular weight is 363 g/mol. The molecule has 1 N–H and O–H groups in total. The summed E-state index contributed by atoms with van der Waals surface area (Å²) in [4.78, 5) is 0. The predicted octanol–water partition coefficient (Wildman–Crippen LogP) is 3.88. The Hall–Kier alpha value is -2.79. The number of hydrogen-bond donors (Lipinski definition) is 1. The minimum absolute atomic E-state index is 0.0946. The molecule has 0 saturated heterocycles. The number of benzene rings is 2. The molecule has 2 aromatic carbocycles. The van der Waals surface area contributed by atoms with E-state index in [1.165, 1.54) is 11.1 Å². The molecule has 4 rings (SSSR count). The second kappa shape index (κ2) is 7.08. The Bertz CT molecular complexity index is 929. The third-order valence-electron chi connectivity index (χ3n) is 4.74. The zero-order valence-electron chi connectivity index (χ0n) is 16.0. The van der Waals surface area contributed by atoms with Crippen LogP contribution in [0, 0.1) is 0 Å². The summed E-state index contributed by atoms with van der Waals surface area (Å²) in [5, 5.41) is 8.11. The van der Waals surface area contributed by atoms with Gasteiger partial charge in [0.15, 0.2) is 0 Å². The van der Waals surface area contributed by atoms with Gasteiger partial charge in [-0.1, -0.05) is 12.1 Å². The second-order valence-corrected chi connectivity index (χ2v) is 7.53. The van der Waals surface area contributed by atoms with Crippen LogP contribution in [0.25, 0.3) is 5.69 Å². The van der Waals surface area contributed by atoms with E-state index in [4.69, 9.17) is 9.47 Å². The van der Waals surface area contributed by atoms with Crippen LogP contribution in [0.2, 0.25) is 0 Å². The Labute approximate surface area is 159 Å². The molecular weight excluding hydrogens is 338 g/mol. The minimum Gasteiger partial charge on any atom is -0.497 e. The van der Waals surface area contributed by atoms with Gasteiger partial charge in [0.1, 0.15) is 17.1 Å². The molecule has 0 fully saturated rings. The first-order valence-electron chi connectivity index (χ1n) is 9.23. The third kappa shape index (κ3) is 3.98. The molecule has 0 radical (unpaired) electrons. The topological polar surface area (TPSA) is 48.3 Å². The van der Waals surface area contributed by atoms with Crippen molar-refractivity contribution in [2.24, 2.45) is 0 Å². The summed E-state index contributed by atoms with van der Waals surface area (Å²) in [5.74, 6) is 1.86. The summed E-state index contributed by atoms with van der Waals surface area (Å²) >= 11 is 0. The fourth-order valence-electron chi connectivity index (χ4n) is 3.44. The number of fused-ring (bicyclic) bond motifs is 1. The summed E-state index contributed by atoms with van der Waals surface area (Å²) in [6.07, 6.45) is 2.94. The molecule has 0 spiro atoms. The van der Waals surface area contributed by atoms with Crippen LogP contribution in [-0.4, -0.2) is 22.5 Å². The molecule has 2 heterocycles. The molecule has 0 aliphatic carbocycles. The maximum atomic E-state index is 5.94. The van der Waals surface area contributed by atoms with Crippen molar-refractivity contribution in [1.82, 2.24) is 15.1 Å². The molecule has 0 atom stereocenters. The van der Waals surface area contributed by atoms with Crippen molar-refractivity contribution in [1.29, 1.82) is 0 Å². The van der Waals surface area contributed by atoms with Gasteiger partial charge in [0.2, 0.25) is 0 Å². The number of methoxy groups -OCH3 is 1. The fourth-order valence-corrected chi connectivity index (χ4v) is 3.44. The lowest BCUT2D eigenvalue weighted by Crippen LogP contribution is -2.24. The lowest BCUT2D eigenvalue weighted by molar-refractivity contribution is 0.138. The lowest BCUT2D eigenvalue weighted by atomic mass is 10.0. The average Bonchev–Trinajstić information content (AvgIpc) is 3.24. The second-order valence-electron chi connectivity index (χ2n) is 7.53. The van der Waals surface area contributed by atoms with E-state index in [1.54, 1.807) is 7.11 Å². The lowest BCUT2D eigenvalue weighted by Gasteiger charge is -2.16. The summed E-state index contributed by atoms with van der Waals surface area (Å²) in [6.45, 7) is 5.79. The molecule has 0 bridgehead atoms. The van der Waals surface area contributed by atoms with E-state index in [1.807, 2.05) is 41.2 Å². The third-order valence-corrected chi connectivity index (χ3v) is 4.74. The van der Waals surface area contributed by atoms with Crippen molar-refractivity contribution in [3.8, 4) is 17.2 Å². The molecule has 1 aliphatic rings. The highest BCUT2D eigenvalue weighted by atomic mass is 16.5. The quantitative estimate of drug-likeness (QED) is 0.722. The SMILES string of the molecule is COc1ccc(-n2ccc(CNCc3ccc4c(c3)CC(C)(C)O4)n2)cc1. The molecule has 5 heteroatoms. The van der Waals surface area contributed by atoms with Crippen LogP contribution in [0.15, 0.2) is 54.7 Å². The highest BCUT2D eigenvalue weighted by Crippen LogP contribution is 2.35. The summed E-state index contributed by atoms with van der Waals surface area (Å²) in [7, 11) is 1.67. The van der Waals surface area contributed by atoms with Crippen molar-refractivity contribution in [2.45, 2.75) is 39.0 Å². The minimum atomic E-state index is -0.0946. The van der Waals surface area contributed by atoms with Crippen LogP contribution in [0.4, 0.5) is 0 Å². The van der Waals surface area contributed by atoms with Gasteiger partial charge in [-0.05, 0) is 61.4 Å². The standard InChI is InChI=1S/C22H25N3O2/c1-22(2)13-17-12-16(4-9-21(17)27-22)14-23-15-18-10-11-25(24-18)19-5-7-20(26-3)8-6-19/h4-12,23H,13-15H2,1-3H3. The first-order chi connectivity index (χ1) is 13.0. The van der Waals surface area contributed by atoms with E-state index in [0.717, 1.165) is 42.4 Å². The van der Waals surface area contributed by atoms with E-state index < -0.39 is 0 Å². The number of ether oxygens (including phenoxy) is 2. The van der Waals surface area contributed by atoms with Crippen molar-refractivity contribution >= 4 is 0 Å². The molecule has 5 nitrogen and oxygen atoms in total. The predicted molar refractivity (Wildman–Crippen MR) is 106 cm³/mol. The number of rotatable bonds is 6. The van der Waals surface area contributed by atoms with E-state index in [9.17, 15) is 0 Å². The summed E-state index contributed by atoms with van der Waals surface area (Å²) in [6, 6.07) is 16.4. The van der Waals surface area contributed by atoms with Gasteiger partial charge in [0.25, 0.3) is 0 Å². The van der Waals surface area contributed by atoms with Gasteiger partial charge in [0.05, 0.1) is 18.5 Å². The van der Waals surface area contributed by atoms with Crippen molar-refractivity contribution in [3.05, 3.63) is 71.5 Å². The molecule has 0 unspecified atom stereocenters. The zero-order chi connectivity index (χ0) is 18.9. The Morgan fingerprint density at radius 3 is 2.70 bits per heavy atom. The molecule has 3 aromatic rings. The van der Waals surface area contributed by atoms with Crippen LogP contribution in [0.1, 0.15) is 30.7 Å². The van der Waals surface area contributed by atoms with Gasteiger partial charge in [-0.3, -0.25) is 0 Å². The van der Waals surface area contributed by atoms with Gasteiger partial charge >= 0.3 is 0 Å². The molecule has 1 aliphatic heterocycles. The van der Waals surface area contributed by atoms with Gasteiger partial charge in [-0.25, -0.2) is 4.68 Å². The van der Waals surface area contributed by atoms with Gasteiger partial charge in [0, 0.05) is 25.7 Å². The van der Waals surface area contributed by atoms with Gasteiger partial charge < -0.3 is 14.8 Å². The van der Waals surface area contributed by atoms with Crippen molar-refractivity contribution < 1.29 is 9.47 Å². The van der Waals surface area contributed by atoms with Crippen molar-refractivity contribution in [2.75, 3.05) is 7.11 Å². The Morgan fingerprint density at radius 1 is 1.11 bits per heavy atom.